The average Bonchev–Trinajstić information content (AvgIpc) is 2.59. The van der Waals surface area contributed by atoms with E-state index in [4.69, 9.17) is 4.74 Å². The van der Waals surface area contributed by atoms with E-state index in [1.165, 1.54) is 6.92 Å². The maximum atomic E-state index is 12.4. The number of nitrogens with zero attached hydrogens (tertiary/aromatic N) is 1. The smallest absolute Gasteiger partial charge is 0.251 e. The zero-order valence-electron chi connectivity index (χ0n) is 14.9. The van der Waals surface area contributed by atoms with Crippen LogP contribution in [0.3, 0.4) is 0 Å². The maximum absolute atomic E-state index is 12.4. The molecule has 2 N–H and O–H groups in total. The van der Waals surface area contributed by atoms with Crippen molar-refractivity contribution in [1.82, 2.24) is 5.32 Å². The lowest BCUT2D eigenvalue weighted by molar-refractivity contribution is -0.114. The van der Waals surface area contributed by atoms with Crippen molar-refractivity contribution in [3.8, 4) is 5.75 Å². The summed E-state index contributed by atoms with van der Waals surface area (Å²) < 4.78 is 5.32. The average molecular weight is 341 g/mol. The van der Waals surface area contributed by atoms with Crippen LogP contribution in [0.2, 0.25) is 0 Å². The van der Waals surface area contributed by atoms with E-state index in [0.717, 1.165) is 11.3 Å². The van der Waals surface area contributed by atoms with Gasteiger partial charge in [0, 0.05) is 50.1 Å². The molecule has 0 saturated heterocycles. The van der Waals surface area contributed by atoms with Gasteiger partial charge >= 0.3 is 0 Å². The molecule has 0 spiro atoms. The molecular formula is C19H23N3O3. The van der Waals surface area contributed by atoms with Gasteiger partial charge in [0.25, 0.3) is 5.91 Å². The number of hydrogen-bond acceptors (Lipinski definition) is 4. The molecular weight excluding hydrogens is 318 g/mol. The molecule has 2 aromatic rings. The Bertz CT molecular complexity index is 772. The Hall–Kier alpha value is -3.02. The van der Waals surface area contributed by atoms with Crippen LogP contribution < -0.4 is 20.3 Å². The first-order valence-corrected chi connectivity index (χ1v) is 7.91. The van der Waals surface area contributed by atoms with Crippen molar-refractivity contribution >= 4 is 23.2 Å². The van der Waals surface area contributed by atoms with Gasteiger partial charge in [-0.1, -0.05) is 6.07 Å². The first-order valence-electron chi connectivity index (χ1n) is 7.91. The Kier molecular flexibility index (Phi) is 6.00. The van der Waals surface area contributed by atoms with E-state index in [9.17, 15) is 9.59 Å². The molecule has 0 heterocycles. The third-order valence-electron chi connectivity index (χ3n) is 3.66. The first kappa shape index (κ1) is 18.3. The molecule has 0 bridgehead atoms. The minimum Gasteiger partial charge on any atom is -0.496 e. The SMILES string of the molecule is COc1ccc(NC(C)=O)cc1CNC(=O)c1cccc(N(C)C)c1. The lowest BCUT2D eigenvalue weighted by Gasteiger charge is -2.14. The molecule has 0 fully saturated rings. The molecule has 0 atom stereocenters. The number of amides is 2. The van der Waals surface area contributed by atoms with Gasteiger partial charge in [0.05, 0.1) is 7.11 Å². The van der Waals surface area contributed by atoms with E-state index in [-0.39, 0.29) is 11.8 Å². The molecule has 2 aromatic carbocycles. The Morgan fingerprint density at radius 2 is 1.88 bits per heavy atom. The van der Waals surface area contributed by atoms with Crippen LogP contribution >= 0.6 is 0 Å². The number of carbonyl (C=O) groups is 2. The molecule has 0 radical (unpaired) electrons. The first-order chi connectivity index (χ1) is 11.9. The van der Waals surface area contributed by atoms with Gasteiger partial charge in [-0.05, 0) is 36.4 Å². The quantitative estimate of drug-likeness (QED) is 0.847. The molecule has 2 amide bonds. The summed E-state index contributed by atoms with van der Waals surface area (Å²) in [4.78, 5) is 25.6. The molecule has 0 unspecified atom stereocenters. The summed E-state index contributed by atoms with van der Waals surface area (Å²) in [6.45, 7) is 1.74. The zero-order chi connectivity index (χ0) is 18.4. The fourth-order valence-corrected chi connectivity index (χ4v) is 2.40. The van der Waals surface area contributed by atoms with Crippen LogP contribution in [-0.2, 0) is 11.3 Å². The predicted molar refractivity (Wildman–Crippen MR) is 99.2 cm³/mol. The highest BCUT2D eigenvalue weighted by molar-refractivity contribution is 5.95. The van der Waals surface area contributed by atoms with Gasteiger partial charge in [0.15, 0.2) is 0 Å². The van der Waals surface area contributed by atoms with Crippen LogP contribution in [0.1, 0.15) is 22.8 Å². The number of ether oxygens (including phenoxy) is 1. The topological polar surface area (TPSA) is 70.7 Å². The minimum absolute atomic E-state index is 0.152. The molecule has 0 aliphatic heterocycles. The highest BCUT2D eigenvalue weighted by Gasteiger charge is 2.10. The normalized spacial score (nSPS) is 10.1. The van der Waals surface area contributed by atoms with Crippen molar-refractivity contribution in [1.29, 1.82) is 0 Å². The number of hydrogen-bond donors (Lipinski definition) is 2. The molecule has 0 aromatic heterocycles. The Balaban J connectivity index is 2.13. The van der Waals surface area contributed by atoms with Gasteiger partial charge in [0.1, 0.15) is 5.75 Å². The highest BCUT2D eigenvalue weighted by Crippen LogP contribution is 2.23. The van der Waals surface area contributed by atoms with Gasteiger partial charge < -0.3 is 20.3 Å². The summed E-state index contributed by atoms with van der Waals surface area (Å²) in [6.07, 6.45) is 0. The summed E-state index contributed by atoms with van der Waals surface area (Å²) in [7, 11) is 5.42. The number of methoxy groups -OCH3 is 1. The van der Waals surface area contributed by atoms with E-state index in [1.54, 1.807) is 31.4 Å². The summed E-state index contributed by atoms with van der Waals surface area (Å²) in [5, 5.41) is 5.61. The second-order valence-corrected chi connectivity index (χ2v) is 5.84. The second-order valence-electron chi connectivity index (χ2n) is 5.84. The summed E-state index contributed by atoms with van der Waals surface area (Å²) >= 11 is 0. The standard InChI is InChI=1S/C19H23N3O3/c1-13(23)21-16-8-9-18(25-4)15(10-16)12-20-19(24)14-6-5-7-17(11-14)22(2)3/h5-11H,12H2,1-4H3,(H,20,24)(H,21,23). The third kappa shape index (κ3) is 4.97. The second kappa shape index (κ2) is 8.19. The maximum Gasteiger partial charge on any atom is 0.251 e. The van der Waals surface area contributed by atoms with Crippen LogP contribution in [0.5, 0.6) is 5.75 Å². The van der Waals surface area contributed by atoms with Crippen molar-refractivity contribution in [2.75, 3.05) is 31.4 Å². The van der Waals surface area contributed by atoms with Crippen molar-refractivity contribution in [3.05, 3.63) is 53.6 Å². The summed E-state index contributed by atoms with van der Waals surface area (Å²) in [5.41, 5.74) is 2.99. The van der Waals surface area contributed by atoms with Gasteiger partial charge in [-0.25, -0.2) is 0 Å². The molecule has 0 aliphatic carbocycles. The lowest BCUT2D eigenvalue weighted by Crippen LogP contribution is -2.23. The van der Waals surface area contributed by atoms with Crippen LogP contribution in [0, 0.1) is 0 Å². The van der Waals surface area contributed by atoms with Crippen LogP contribution in [0.15, 0.2) is 42.5 Å². The molecule has 25 heavy (non-hydrogen) atoms. The number of anilines is 2. The predicted octanol–water partition coefficient (Wildman–Crippen LogP) is 2.65. The molecule has 132 valence electrons. The van der Waals surface area contributed by atoms with Crippen molar-refractivity contribution in [3.63, 3.8) is 0 Å². The van der Waals surface area contributed by atoms with Crippen LogP contribution in [0.25, 0.3) is 0 Å². The Morgan fingerprint density at radius 1 is 1.12 bits per heavy atom. The lowest BCUT2D eigenvalue weighted by atomic mass is 10.1. The summed E-state index contributed by atoms with van der Waals surface area (Å²) in [6, 6.07) is 12.7. The van der Waals surface area contributed by atoms with Crippen molar-refractivity contribution in [2.24, 2.45) is 0 Å². The van der Waals surface area contributed by atoms with E-state index in [0.29, 0.717) is 23.5 Å². The Morgan fingerprint density at radius 3 is 2.52 bits per heavy atom. The molecule has 0 aliphatic rings. The van der Waals surface area contributed by atoms with Crippen molar-refractivity contribution < 1.29 is 14.3 Å². The minimum atomic E-state index is -0.171. The molecule has 2 rings (SSSR count). The third-order valence-corrected chi connectivity index (χ3v) is 3.66. The monoisotopic (exact) mass is 341 g/mol. The van der Waals surface area contributed by atoms with E-state index in [1.807, 2.05) is 37.2 Å². The number of rotatable bonds is 6. The molecule has 6 heteroatoms. The van der Waals surface area contributed by atoms with Gasteiger partial charge in [-0.2, -0.15) is 0 Å². The fourth-order valence-electron chi connectivity index (χ4n) is 2.40. The largest absolute Gasteiger partial charge is 0.496 e. The van der Waals surface area contributed by atoms with E-state index >= 15 is 0 Å². The van der Waals surface area contributed by atoms with Gasteiger partial charge in [-0.3, -0.25) is 9.59 Å². The zero-order valence-corrected chi connectivity index (χ0v) is 14.9. The van der Waals surface area contributed by atoms with Gasteiger partial charge in [0.2, 0.25) is 5.91 Å². The van der Waals surface area contributed by atoms with Crippen molar-refractivity contribution in [2.45, 2.75) is 13.5 Å². The van der Waals surface area contributed by atoms with Crippen LogP contribution in [-0.4, -0.2) is 33.0 Å². The van der Waals surface area contributed by atoms with Crippen LogP contribution in [0.4, 0.5) is 11.4 Å². The summed E-state index contributed by atoms with van der Waals surface area (Å²) in [5.74, 6) is 0.327. The number of carbonyl (C=O) groups excluding carboxylic acids is 2. The van der Waals surface area contributed by atoms with E-state index in [2.05, 4.69) is 10.6 Å². The van der Waals surface area contributed by atoms with Gasteiger partial charge in [-0.15, -0.1) is 0 Å². The molecule has 6 nitrogen and oxygen atoms in total. The fraction of sp³-hybridized carbons (Fsp3) is 0.263. The highest BCUT2D eigenvalue weighted by atomic mass is 16.5. The Labute approximate surface area is 147 Å². The molecule has 0 saturated carbocycles. The number of benzene rings is 2. The number of nitrogens with one attached hydrogen (secondary N) is 2. The van der Waals surface area contributed by atoms with E-state index < -0.39 is 0 Å².